The second-order valence-electron chi connectivity index (χ2n) is 11.3. The summed E-state index contributed by atoms with van der Waals surface area (Å²) in [6.07, 6.45) is 0.723. The standard InChI is InChI=1S/C26H30F2N8O4/c27-17-11-5-25-15-19(25)33-9-35-23(15)31-3-1-2-4-32-24-16-20(34-10-36-24)26(16,38-8-14(11)40-21(17)29)6-12-13(7-37-25)39-22(30)18(12)28/h1-2,9-14,17-18,21-22H,3-8,29-30H2,(H,31,33,35)(H,32,34,36)/b2-1+/t11-,12-,13-,14-,17-,18-,21-,22-,25?,26?/m1/s1. The van der Waals surface area contributed by atoms with Crippen molar-refractivity contribution in [1.82, 2.24) is 19.9 Å². The van der Waals surface area contributed by atoms with E-state index >= 15 is 8.78 Å². The smallest absolute Gasteiger partial charge is 0.145 e. The highest BCUT2D eigenvalue weighted by molar-refractivity contribution is 5.67. The van der Waals surface area contributed by atoms with E-state index in [0.717, 1.165) is 11.1 Å². The van der Waals surface area contributed by atoms with Gasteiger partial charge in [-0.05, 0) is 12.8 Å². The monoisotopic (exact) mass is 556 g/mol. The number of anilines is 2. The van der Waals surface area contributed by atoms with Crippen LogP contribution in [0.1, 0.15) is 35.4 Å². The predicted octanol–water partition coefficient (Wildman–Crippen LogP) is 0.577. The van der Waals surface area contributed by atoms with Crippen LogP contribution in [0.15, 0.2) is 24.8 Å². The lowest BCUT2D eigenvalue weighted by molar-refractivity contribution is -0.111. The maximum Gasteiger partial charge on any atom is 0.145 e. The molecule has 3 saturated heterocycles. The van der Waals surface area contributed by atoms with E-state index in [1.54, 1.807) is 0 Å². The van der Waals surface area contributed by atoms with E-state index in [1.165, 1.54) is 12.7 Å². The molecule has 2 aromatic heterocycles. The molecule has 2 aromatic rings. The third kappa shape index (κ3) is 3.50. The molecule has 2 bridgehead atoms. The summed E-state index contributed by atoms with van der Waals surface area (Å²) in [5, 5.41) is 6.64. The molecule has 3 fully saturated rings. The summed E-state index contributed by atoms with van der Waals surface area (Å²) in [5.74, 6) is -0.133. The molecule has 2 aliphatic carbocycles. The number of rotatable bonds is 0. The Bertz CT molecular complexity index is 1280. The molecule has 0 saturated carbocycles. The number of ether oxygens (including phenoxy) is 4. The summed E-state index contributed by atoms with van der Waals surface area (Å²) in [7, 11) is 0. The number of nitrogens with one attached hydrogen (secondary N) is 2. The van der Waals surface area contributed by atoms with Crippen LogP contribution in [0.4, 0.5) is 20.4 Å². The summed E-state index contributed by atoms with van der Waals surface area (Å²) in [6.45, 7) is 1.01. The number of aromatic nitrogens is 4. The molecule has 7 heterocycles. The minimum Gasteiger partial charge on any atom is -0.366 e. The highest BCUT2D eigenvalue weighted by Crippen LogP contribution is 2.61. The van der Waals surface area contributed by atoms with Crippen molar-refractivity contribution in [1.29, 1.82) is 0 Å². The van der Waals surface area contributed by atoms with Gasteiger partial charge in [0.05, 0.1) is 47.9 Å². The fourth-order valence-corrected chi connectivity index (χ4v) is 7.06. The molecule has 6 N–H and O–H groups in total. The van der Waals surface area contributed by atoms with Crippen LogP contribution in [0.3, 0.4) is 0 Å². The van der Waals surface area contributed by atoms with Gasteiger partial charge in [0.15, 0.2) is 0 Å². The molecule has 2 spiro atoms. The Kier molecular flexibility index (Phi) is 5.48. The van der Waals surface area contributed by atoms with Crippen molar-refractivity contribution in [2.24, 2.45) is 23.3 Å². The van der Waals surface area contributed by atoms with Crippen LogP contribution in [0.2, 0.25) is 0 Å². The quantitative estimate of drug-likeness (QED) is 0.334. The molecule has 40 heavy (non-hydrogen) atoms. The largest absolute Gasteiger partial charge is 0.366 e. The number of nitrogens with zero attached hydrogens (tertiary/aromatic N) is 4. The van der Waals surface area contributed by atoms with Gasteiger partial charge in [0, 0.05) is 24.9 Å². The normalized spacial score (nSPS) is 43.8. The van der Waals surface area contributed by atoms with Crippen molar-refractivity contribution in [3.63, 3.8) is 0 Å². The third-order valence-electron chi connectivity index (χ3n) is 9.18. The molecule has 12 nitrogen and oxygen atoms in total. The van der Waals surface area contributed by atoms with Crippen molar-refractivity contribution in [2.45, 2.75) is 61.1 Å². The molecule has 0 aromatic carbocycles. The Morgan fingerprint density at radius 2 is 1.18 bits per heavy atom. The summed E-state index contributed by atoms with van der Waals surface area (Å²) in [4.78, 5) is 17.8. The number of nitrogens with two attached hydrogens (primary N) is 2. The Labute approximate surface area is 228 Å². The lowest BCUT2D eigenvalue weighted by Gasteiger charge is -2.31. The average Bonchev–Trinajstić information content (AvgIpc) is 3.74. The Morgan fingerprint density at radius 1 is 0.725 bits per heavy atom. The van der Waals surface area contributed by atoms with E-state index in [2.05, 4.69) is 30.6 Å². The summed E-state index contributed by atoms with van der Waals surface area (Å²) >= 11 is 0. The lowest BCUT2D eigenvalue weighted by Crippen LogP contribution is -2.39. The maximum atomic E-state index is 15.7. The number of hydrogen-bond donors (Lipinski definition) is 4. The van der Waals surface area contributed by atoms with Crippen molar-refractivity contribution in [3.05, 3.63) is 47.3 Å². The van der Waals surface area contributed by atoms with Crippen LogP contribution in [-0.2, 0) is 30.1 Å². The highest BCUT2D eigenvalue weighted by atomic mass is 19.1. The van der Waals surface area contributed by atoms with E-state index in [1.807, 2.05) is 12.2 Å². The van der Waals surface area contributed by atoms with Gasteiger partial charge < -0.3 is 41.0 Å². The predicted molar refractivity (Wildman–Crippen MR) is 135 cm³/mol. The molecule has 9 rings (SSSR count). The first-order chi connectivity index (χ1) is 19.4. The molecular weight excluding hydrogens is 526 g/mol. The zero-order chi connectivity index (χ0) is 27.2. The molecule has 0 radical (unpaired) electrons. The zero-order valence-electron chi connectivity index (χ0n) is 21.5. The van der Waals surface area contributed by atoms with Gasteiger partial charge in [-0.2, -0.15) is 0 Å². The first-order valence-electron chi connectivity index (χ1n) is 13.7. The zero-order valence-corrected chi connectivity index (χ0v) is 21.5. The van der Waals surface area contributed by atoms with Crippen molar-refractivity contribution in [2.75, 3.05) is 36.9 Å². The van der Waals surface area contributed by atoms with Crippen molar-refractivity contribution in [3.8, 4) is 0 Å². The van der Waals surface area contributed by atoms with Gasteiger partial charge in [-0.15, -0.1) is 0 Å². The van der Waals surface area contributed by atoms with Crippen LogP contribution < -0.4 is 22.1 Å². The number of alkyl halides is 2. The SMILES string of the molecule is N[C@@H]1O[C@@H]2COC34C[C@H]5[C@@H](F)[C@H](N)O[C@@H]5COC5(C[C@H]2[C@H]1F)c1ncnc(c15)NC/C=C/CNc1ncnc3c14. The number of hydrogen-bond acceptors (Lipinski definition) is 12. The second kappa shape index (κ2) is 8.81. The first kappa shape index (κ1) is 24.9. The van der Waals surface area contributed by atoms with Crippen LogP contribution in [0, 0.1) is 11.8 Å². The summed E-state index contributed by atoms with van der Waals surface area (Å²) < 4.78 is 56.3. The molecular formula is C26H30F2N8O4. The van der Waals surface area contributed by atoms with Gasteiger partial charge in [0.25, 0.3) is 0 Å². The van der Waals surface area contributed by atoms with Gasteiger partial charge in [0.2, 0.25) is 0 Å². The summed E-state index contributed by atoms with van der Waals surface area (Å²) in [5.41, 5.74) is 12.8. The van der Waals surface area contributed by atoms with Crippen molar-refractivity contribution >= 4 is 11.6 Å². The topological polar surface area (TPSA) is 165 Å². The van der Waals surface area contributed by atoms with Gasteiger partial charge >= 0.3 is 0 Å². The van der Waals surface area contributed by atoms with Crippen LogP contribution in [0.5, 0.6) is 0 Å². The van der Waals surface area contributed by atoms with Gasteiger partial charge in [-0.1, -0.05) is 12.2 Å². The number of fused-ring (bicyclic) bond motifs is 6. The molecule has 2 unspecified atom stereocenters. The minimum absolute atomic E-state index is 0.0128. The molecule has 5 aliphatic heterocycles. The highest BCUT2D eigenvalue weighted by Gasteiger charge is 2.65. The molecule has 7 aliphatic rings. The fraction of sp³-hybridized carbons (Fsp3) is 0.615. The van der Waals surface area contributed by atoms with E-state index in [-0.39, 0.29) is 26.1 Å². The Balaban J connectivity index is 1.26. The van der Waals surface area contributed by atoms with Crippen molar-refractivity contribution < 1.29 is 27.7 Å². The first-order valence-corrected chi connectivity index (χ1v) is 13.7. The lowest BCUT2D eigenvalue weighted by atomic mass is 9.88. The van der Waals surface area contributed by atoms with Gasteiger partial charge in [-0.3, -0.25) is 0 Å². The maximum absolute atomic E-state index is 15.7. The molecule has 212 valence electrons. The molecule has 0 amide bonds. The second-order valence-corrected chi connectivity index (χ2v) is 11.3. The fourth-order valence-electron chi connectivity index (χ4n) is 7.06. The third-order valence-corrected chi connectivity index (χ3v) is 9.18. The number of halogens is 2. The summed E-state index contributed by atoms with van der Waals surface area (Å²) in [6, 6.07) is 0. The van der Waals surface area contributed by atoms with Crippen LogP contribution in [0.25, 0.3) is 0 Å². The van der Waals surface area contributed by atoms with E-state index in [0.29, 0.717) is 36.1 Å². The van der Waals surface area contributed by atoms with E-state index in [9.17, 15) is 0 Å². The van der Waals surface area contributed by atoms with E-state index < -0.39 is 60.0 Å². The Hall–Kier alpha value is -2.88. The van der Waals surface area contributed by atoms with Gasteiger partial charge in [-0.25, -0.2) is 28.7 Å². The van der Waals surface area contributed by atoms with Crippen LogP contribution >= 0.6 is 0 Å². The molecule has 10 atom stereocenters. The van der Waals surface area contributed by atoms with Gasteiger partial charge in [0.1, 0.15) is 60.3 Å². The minimum atomic E-state index is -1.46. The van der Waals surface area contributed by atoms with Crippen LogP contribution in [-0.4, -0.2) is 83.2 Å². The average molecular weight is 557 g/mol. The molecule has 14 heteroatoms. The Morgan fingerprint density at radius 3 is 1.62 bits per heavy atom. The van der Waals surface area contributed by atoms with E-state index in [4.69, 9.17) is 30.4 Å².